The minimum atomic E-state index is -0.408. The summed E-state index contributed by atoms with van der Waals surface area (Å²) in [6.45, 7) is 0. The fourth-order valence-corrected chi connectivity index (χ4v) is 1.73. The fourth-order valence-electron chi connectivity index (χ4n) is 1.73. The number of hydrogen-bond donors (Lipinski definition) is 0. The third kappa shape index (κ3) is 3.42. The van der Waals surface area contributed by atoms with Crippen molar-refractivity contribution in [1.82, 2.24) is 0 Å². The Kier molecular flexibility index (Phi) is 4.45. The summed E-state index contributed by atoms with van der Waals surface area (Å²) in [6.07, 6.45) is 2.98. The van der Waals surface area contributed by atoms with Gasteiger partial charge >= 0.3 is 5.97 Å². The molecule has 0 N–H and O–H groups in total. The normalized spacial score (nSPS) is 10.4. The zero-order valence-electron chi connectivity index (χ0n) is 11.1. The number of ether oxygens (including phenoxy) is 1. The van der Waals surface area contributed by atoms with Crippen LogP contribution in [0.1, 0.15) is 21.5 Å². The predicted octanol–water partition coefficient (Wildman–Crippen LogP) is 3.10. The number of benzene rings is 2. The van der Waals surface area contributed by atoms with Crippen LogP contribution in [0.15, 0.2) is 60.7 Å². The molecule has 0 unspecified atom stereocenters. The molecule has 0 aliphatic carbocycles. The molecule has 3 heteroatoms. The highest BCUT2D eigenvalue weighted by Gasteiger charge is 2.07. The molecule has 0 amide bonds. The van der Waals surface area contributed by atoms with E-state index < -0.39 is 5.97 Å². The first-order valence-corrected chi connectivity index (χ1v) is 6.16. The maximum atomic E-state index is 12.2. The van der Waals surface area contributed by atoms with Crippen LogP contribution in [0.25, 0.3) is 6.08 Å². The first-order valence-electron chi connectivity index (χ1n) is 6.16. The molecule has 0 spiro atoms. The van der Waals surface area contributed by atoms with Gasteiger partial charge in [0.2, 0.25) is 0 Å². The molecular formula is C17H14O3. The lowest BCUT2D eigenvalue weighted by Crippen LogP contribution is -2.00. The molecule has 0 saturated heterocycles. The third-order valence-electron chi connectivity index (χ3n) is 2.82. The van der Waals surface area contributed by atoms with Gasteiger partial charge in [-0.05, 0) is 11.6 Å². The fraction of sp³-hybridized carbons (Fsp3) is 0.0588. The summed E-state index contributed by atoms with van der Waals surface area (Å²) in [5, 5.41) is 0. The van der Waals surface area contributed by atoms with Crippen molar-refractivity contribution in [2.45, 2.75) is 0 Å². The van der Waals surface area contributed by atoms with Crippen LogP contribution in [0.5, 0.6) is 0 Å². The van der Waals surface area contributed by atoms with Crippen LogP contribution < -0.4 is 0 Å². The zero-order chi connectivity index (χ0) is 14.4. The van der Waals surface area contributed by atoms with Crippen LogP contribution in [-0.4, -0.2) is 18.9 Å². The molecule has 2 aromatic carbocycles. The van der Waals surface area contributed by atoms with Crippen LogP contribution in [0, 0.1) is 0 Å². The number of esters is 1. The van der Waals surface area contributed by atoms with E-state index in [0.717, 1.165) is 5.56 Å². The molecule has 0 radical (unpaired) electrons. The van der Waals surface area contributed by atoms with E-state index in [0.29, 0.717) is 11.1 Å². The number of hydrogen-bond acceptors (Lipinski definition) is 3. The van der Waals surface area contributed by atoms with Gasteiger partial charge in [0.1, 0.15) is 0 Å². The summed E-state index contributed by atoms with van der Waals surface area (Å²) in [4.78, 5) is 23.2. The molecular weight excluding hydrogens is 252 g/mol. The first-order chi connectivity index (χ1) is 9.70. The summed E-state index contributed by atoms with van der Waals surface area (Å²) in [7, 11) is 1.33. The molecule has 0 atom stereocenters. The lowest BCUT2D eigenvalue weighted by atomic mass is 10.0. The highest BCUT2D eigenvalue weighted by Crippen LogP contribution is 2.12. The summed E-state index contributed by atoms with van der Waals surface area (Å²) in [5.74, 6) is -0.427. The molecule has 2 rings (SSSR count). The van der Waals surface area contributed by atoms with E-state index in [1.165, 1.54) is 13.2 Å². The third-order valence-corrected chi connectivity index (χ3v) is 2.82. The molecule has 0 fully saturated rings. The highest BCUT2D eigenvalue weighted by molar-refractivity contribution is 6.09. The maximum Gasteiger partial charge on any atom is 0.330 e. The van der Waals surface area contributed by atoms with Crippen molar-refractivity contribution < 1.29 is 14.3 Å². The van der Waals surface area contributed by atoms with E-state index in [2.05, 4.69) is 4.74 Å². The van der Waals surface area contributed by atoms with Gasteiger partial charge in [0, 0.05) is 17.2 Å². The molecule has 0 saturated carbocycles. The van der Waals surface area contributed by atoms with Gasteiger partial charge in [-0.3, -0.25) is 4.79 Å². The Morgan fingerprint density at radius 3 is 2.10 bits per heavy atom. The second kappa shape index (κ2) is 6.48. The molecule has 0 aliphatic heterocycles. The van der Waals surface area contributed by atoms with Gasteiger partial charge in [0.15, 0.2) is 5.78 Å². The van der Waals surface area contributed by atoms with Gasteiger partial charge in [-0.2, -0.15) is 0 Å². The van der Waals surface area contributed by atoms with Crippen molar-refractivity contribution in [1.29, 1.82) is 0 Å². The summed E-state index contributed by atoms with van der Waals surface area (Å²) in [5.41, 5.74) is 2.11. The topological polar surface area (TPSA) is 43.4 Å². The summed E-state index contributed by atoms with van der Waals surface area (Å²) >= 11 is 0. The number of rotatable bonds is 4. The van der Waals surface area contributed by atoms with Crippen molar-refractivity contribution in [2.24, 2.45) is 0 Å². The number of methoxy groups -OCH3 is 1. The van der Waals surface area contributed by atoms with Crippen molar-refractivity contribution in [3.63, 3.8) is 0 Å². The molecule has 100 valence electrons. The van der Waals surface area contributed by atoms with Gasteiger partial charge in [-0.15, -0.1) is 0 Å². The Labute approximate surface area is 117 Å². The summed E-state index contributed by atoms with van der Waals surface area (Å²) < 4.78 is 4.51. The molecule has 0 bridgehead atoms. The number of carbonyl (C=O) groups excluding carboxylic acids is 2. The standard InChI is InChI=1S/C17H14O3/c1-20-16(18)12-9-13-7-10-15(11-8-13)17(19)14-5-3-2-4-6-14/h2-12H,1H3/b12-9+. The van der Waals surface area contributed by atoms with Gasteiger partial charge in [-0.1, -0.05) is 54.6 Å². The molecule has 3 nitrogen and oxygen atoms in total. The molecule has 2 aromatic rings. The minimum absolute atomic E-state index is 0.0194. The Bertz CT molecular complexity index is 625. The van der Waals surface area contributed by atoms with Crippen LogP contribution in [0.2, 0.25) is 0 Å². The average Bonchev–Trinajstić information content (AvgIpc) is 2.53. The van der Waals surface area contributed by atoms with E-state index in [1.807, 2.05) is 18.2 Å². The largest absolute Gasteiger partial charge is 0.466 e. The van der Waals surface area contributed by atoms with Crippen LogP contribution in [-0.2, 0) is 9.53 Å². The van der Waals surface area contributed by atoms with Crippen LogP contribution in [0.3, 0.4) is 0 Å². The van der Waals surface area contributed by atoms with Crippen LogP contribution >= 0.6 is 0 Å². The minimum Gasteiger partial charge on any atom is -0.466 e. The molecule has 20 heavy (non-hydrogen) atoms. The lowest BCUT2D eigenvalue weighted by molar-refractivity contribution is -0.134. The first kappa shape index (κ1) is 13.7. The van der Waals surface area contributed by atoms with Gasteiger partial charge < -0.3 is 4.74 Å². The predicted molar refractivity (Wildman–Crippen MR) is 77.4 cm³/mol. The van der Waals surface area contributed by atoms with Crippen molar-refractivity contribution in [3.8, 4) is 0 Å². The second-order valence-corrected chi connectivity index (χ2v) is 4.17. The monoisotopic (exact) mass is 266 g/mol. The van der Waals surface area contributed by atoms with Crippen molar-refractivity contribution in [3.05, 3.63) is 77.4 Å². The molecule has 0 aromatic heterocycles. The van der Waals surface area contributed by atoms with Gasteiger partial charge in [0.05, 0.1) is 7.11 Å². The van der Waals surface area contributed by atoms with E-state index in [1.54, 1.807) is 42.5 Å². The zero-order valence-corrected chi connectivity index (χ0v) is 11.1. The quantitative estimate of drug-likeness (QED) is 0.485. The molecule has 0 aliphatic rings. The SMILES string of the molecule is COC(=O)/C=C/c1ccc(C(=O)c2ccccc2)cc1. The number of carbonyl (C=O) groups is 2. The maximum absolute atomic E-state index is 12.2. The van der Waals surface area contributed by atoms with E-state index in [-0.39, 0.29) is 5.78 Å². The van der Waals surface area contributed by atoms with E-state index >= 15 is 0 Å². The van der Waals surface area contributed by atoms with E-state index in [9.17, 15) is 9.59 Å². The highest BCUT2D eigenvalue weighted by atomic mass is 16.5. The van der Waals surface area contributed by atoms with Gasteiger partial charge in [-0.25, -0.2) is 4.79 Å². The van der Waals surface area contributed by atoms with Crippen molar-refractivity contribution >= 4 is 17.8 Å². The van der Waals surface area contributed by atoms with Crippen molar-refractivity contribution in [2.75, 3.05) is 7.11 Å². The number of ketones is 1. The van der Waals surface area contributed by atoms with Gasteiger partial charge in [0.25, 0.3) is 0 Å². The second-order valence-electron chi connectivity index (χ2n) is 4.17. The summed E-state index contributed by atoms with van der Waals surface area (Å²) in [6, 6.07) is 16.2. The Hall–Kier alpha value is -2.68. The lowest BCUT2D eigenvalue weighted by Gasteiger charge is -2.01. The molecule has 0 heterocycles. The Balaban J connectivity index is 2.14. The smallest absolute Gasteiger partial charge is 0.330 e. The van der Waals surface area contributed by atoms with E-state index in [4.69, 9.17) is 0 Å². The Morgan fingerprint density at radius 2 is 1.50 bits per heavy atom. The van der Waals surface area contributed by atoms with Crippen LogP contribution in [0.4, 0.5) is 0 Å². The Morgan fingerprint density at radius 1 is 0.900 bits per heavy atom. The average molecular weight is 266 g/mol.